The van der Waals surface area contributed by atoms with Crippen LogP contribution in [0.2, 0.25) is 0 Å². The summed E-state index contributed by atoms with van der Waals surface area (Å²) in [5, 5.41) is 2.56. The van der Waals surface area contributed by atoms with Gasteiger partial charge in [-0.05, 0) is 44.9 Å². The van der Waals surface area contributed by atoms with Crippen molar-refractivity contribution in [3.05, 3.63) is 29.8 Å². The molecular formula is C16H22N2O5S. The van der Waals surface area contributed by atoms with Gasteiger partial charge in [0.25, 0.3) is 5.91 Å². The lowest BCUT2D eigenvalue weighted by molar-refractivity contribution is -0.128. The van der Waals surface area contributed by atoms with E-state index in [0.29, 0.717) is 19.6 Å². The molecule has 1 aromatic carbocycles. The second-order valence-electron chi connectivity index (χ2n) is 5.58. The van der Waals surface area contributed by atoms with Crippen LogP contribution in [0.15, 0.2) is 29.2 Å². The Morgan fingerprint density at radius 2 is 1.96 bits per heavy atom. The Labute approximate surface area is 142 Å². The number of rotatable bonds is 6. The highest BCUT2D eigenvalue weighted by Gasteiger charge is 2.28. The van der Waals surface area contributed by atoms with E-state index in [4.69, 9.17) is 4.74 Å². The van der Waals surface area contributed by atoms with E-state index in [0.717, 1.165) is 12.8 Å². The molecular weight excluding hydrogens is 332 g/mol. The lowest BCUT2D eigenvalue weighted by atomic mass is 10.2. The van der Waals surface area contributed by atoms with Crippen LogP contribution in [0.3, 0.4) is 0 Å². The fourth-order valence-corrected chi connectivity index (χ4v) is 4.02. The van der Waals surface area contributed by atoms with Crippen molar-refractivity contribution in [2.75, 3.05) is 19.6 Å². The number of ether oxygens (including phenoxy) is 1. The number of sulfonamides is 1. The number of esters is 1. The Morgan fingerprint density at radius 3 is 2.58 bits per heavy atom. The van der Waals surface area contributed by atoms with Crippen molar-refractivity contribution in [3.63, 3.8) is 0 Å². The molecule has 8 heteroatoms. The molecule has 1 aliphatic rings. The van der Waals surface area contributed by atoms with Crippen molar-refractivity contribution in [3.8, 4) is 0 Å². The number of hydrogen-bond acceptors (Lipinski definition) is 5. The lowest BCUT2D eigenvalue weighted by Crippen LogP contribution is -2.35. The average Bonchev–Trinajstić information content (AvgIpc) is 3.10. The Kier molecular flexibility index (Phi) is 5.95. The Bertz CT molecular complexity index is 711. The van der Waals surface area contributed by atoms with E-state index in [1.165, 1.54) is 35.5 Å². The summed E-state index contributed by atoms with van der Waals surface area (Å²) in [7, 11) is -3.60. The summed E-state index contributed by atoms with van der Waals surface area (Å²) in [5.41, 5.74) is 0.103. The van der Waals surface area contributed by atoms with Gasteiger partial charge >= 0.3 is 5.97 Å². The third-order valence-electron chi connectivity index (χ3n) is 3.78. The first kappa shape index (κ1) is 18.4. The molecule has 1 saturated heterocycles. The van der Waals surface area contributed by atoms with E-state index in [9.17, 15) is 18.0 Å². The number of carbonyl (C=O) groups excluding carboxylic acids is 2. The van der Waals surface area contributed by atoms with E-state index in [1.807, 2.05) is 0 Å². The number of nitrogens with zero attached hydrogens (tertiary/aromatic N) is 1. The van der Waals surface area contributed by atoms with Gasteiger partial charge in [0, 0.05) is 19.6 Å². The maximum absolute atomic E-state index is 12.5. The van der Waals surface area contributed by atoms with Crippen LogP contribution in [0.25, 0.3) is 0 Å². The van der Waals surface area contributed by atoms with Crippen LogP contribution in [0.5, 0.6) is 0 Å². The van der Waals surface area contributed by atoms with E-state index in [-0.39, 0.29) is 10.5 Å². The first-order valence-corrected chi connectivity index (χ1v) is 9.39. The fraction of sp³-hybridized carbons (Fsp3) is 0.500. The van der Waals surface area contributed by atoms with Crippen molar-refractivity contribution >= 4 is 21.9 Å². The summed E-state index contributed by atoms with van der Waals surface area (Å²) in [6.45, 7) is 4.65. The summed E-state index contributed by atoms with van der Waals surface area (Å²) >= 11 is 0. The molecule has 2 rings (SSSR count). The molecule has 7 nitrogen and oxygen atoms in total. The molecule has 132 valence electrons. The molecule has 0 unspecified atom stereocenters. The van der Waals surface area contributed by atoms with Gasteiger partial charge in [0.15, 0.2) is 6.10 Å². The second-order valence-corrected chi connectivity index (χ2v) is 7.52. The molecule has 0 spiro atoms. The van der Waals surface area contributed by atoms with Gasteiger partial charge in [0.1, 0.15) is 0 Å². The molecule has 0 aromatic heterocycles. The third-order valence-corrected chi connectivity index (χ3v) is 5.67. The molecule has 0 aliphatic carbocycles. The van der Waals surface area contributed by atoms with E-state index in [1.54, 1.807) is 6.92 Å². The van der Waals surface area contributed by atoms with E-state index < -0.39 is 28.0 Å². The van der Waals surface area contributed by atoms with Crippen LogP contribution in [0.1, 0.15) is 37.0 Å². The van der Waals surface area contributed by atoms with E-state index in [2.05, 4.69) is 5.32 Å². The summed E-state index contributed by atoms with van der Waals surface area (Å²) < 4.78 is 31.6. The maximum Gasteiger partial charge on any atom is 0.338 e. The minimum Gasteiger partial charge on any atom is -0.449 e. The molecule has 1 N–H and O–H groups in total. The first-order chi connectivity index (χ1) is 11.4. The van der Waals surface area contributed by atoms with Crippen molar-refractivity contribution in [2.24, 2.45) is 0 Å². The maximum atomic E-state index is 12.5. The van der Waals surface area contributed by atoms with Crippen LogP contribution in [0, 0.1) is 0 Å². The third kappa shape index (κ3) is 4.12. The minimum absolute atomic E-state index is 0.0597. The highest BCUT2D eigenvalue weighted by molar-refractivity contribution is 7.89. The van der Waals surface area contributed by atoms with Gasteiger partial charge in [-0.25, -0.2) is 13.2 Å². The van der Waals surface area contributed by atoms with Gasteiger partial charge in [-0.3, -0.25) is 4.79 Å². The standard InChI is InChI=1S/C16H22N2O5S/c1-3-17-15(19)12(2)23-16(20)13-7-6-8-14(11-13)24(21,22)18-9-4-5-10-18/h6-8,11-12H,3-5,9-10H2,1-2H3,(H,17,19)/t12-/m1/s1. The molecule has 0 radical (unpaired) electrons. The van der Waals surface area contributed by atoms with Crippen LogP contribution in [-0.4, -0.2) is 50.3 Å². The number of carbonyl (C=O) groups is 2. The van der Waals surface area contributed by atoms with Gasteiger partial charge in [-0.1, -0.05) is 6.07 Å². The number of benzene rings is 1. The van der Waals surface area contributed by atoms with Crippen molar-refractivity contribution in [1.82, 2.24) is 9.62 Å². The van der Waals surface area contributed by atoms with Crippen LogP contribution < -0.4 is 5.32 Å². The van der Waals surface area contributed by atoms with Crippen LogP contribution in [-0.2, 0) is 19.6 Å². The van der Waals surface area contributed by atoms with Crippen molar-refractivity contribution < 1.29 is 22.7 Å². The number of nitrogens with one attached hydrogen (secondary N) is 1. The van der Waals surface area contributed by atoms with Crippen LogP contribution >= 0.6 is 0 Å². The topological polar surface area (TPSA) is 92.8 Å². The quantitative estimate of drug-likeness (QED) is 0.774. The Hall–Kier alpha value is -1.93. The van der Waals surface area contributed by atoms with Gasteiger partial charge < -0.3 is 10.1 Å². The zero-order valence-corrected chi connectivity index (χ0v) is 14.6. The molecule has 24 heavy (non-hydrogen) atoms. The zero-order valence-electron chi connectivity index (χ0n) is 13.8. The molecule has 1 fully saturated rings. The number of likely N-dealkylation sites (N-methyl/N-ethyl adjacent to an activating group) is 1. The lowest BCUT2D eigenvalue weighted by Gasteiger charge is -2.16. The summed E-state index contributed by atoms with van der Waals surface area (Å²) in [4.78, 5) is 23.8. The van der Waals surface area contributed by atoms with Gasteiger partial charge in [0.2, 0.25) is 10.0 Å². The molecule has 0 saturated carbocycles. The van der Waals surface area contributed by atoms with Crippen LogP contribution in [0.4, 0.5) is 0 Å². The molecule has 0 bridgehead atoms. The molecule has 1 aliphatic heterocycles. The molecule has 1 atom stereocenters. The highest BCUT2D eigenvalue weighted by atomic mass is 32.2. The van der Waals surface area contributed by atoms with Gasteiger partial charge in [-0.15, -0.1) is 0 Å². The van der Waals surface area contributed by atoms with Crippen molar-refractivity contribution in [2.45, 2.75) is 37.7 Å². The minimum atomic E-state index is -3.60. The first-order valence-electron chi connectivity index (χ1n) is 7.95. The molecule has 1 heterocycles. The highest BCUT2D eigenvalue weighted by Crippen LogP contribution is 2.22. The number of amides is 1. The predicted molar refractivity (Wildman–Crippen MR) is 88.0 cm³/mol. The summed E-state index contributed by atoms with van der Waals surface area (Å²) in [6.07, 6.45) is 0.729. The van der Waals surface area contributed by atoms with Gasteiger partial charge in [0.05, 0.1) is 10.5 Å². The monoisotopic (exact) mass is 354 g/mol. The average molecular weight is 354 g/mol. The fourth-order valence-electron chi connectivity index (χ4n) is 2.46. The largest absolute Gasteiger partial charge is 0.449 e. The smallest absolute Gasteiger partial charge is 0.338 e. The Morgan fingerprint density at radius 1 is 1.29 bits per heavy atom. The van der Waals surface area contributed by atoms with Crippen molar-refractivity contribution in [1.29, 1.82) is 0 Å². The summed E-state index contributed by atoms with van der Waals surface area (Å²) in [5.74, 6) is -1.13. The van der Waals surface area contributed by atoms with E-state index >= 15 is 0 Å². The Balaban J connectivity index is 2.15. The SMILES string of the molecule is CCNC(=O)[C@@H](C)OC(=O)c1cccc(S(=O)(=O)N2CCCC2)c1. The zero-order chi connectivity index (χ0) is 17.7. The second kappa shape index (κ2) is 7.76. The predicted octanol–water partition coefficient (Wildman–Crippen LogP) is 1.15. The number of hydrogen-bond donors (Lipinski definition) is 1. The summed E-state index contributed by atoms with van der Waals surface area (Å²) in [6, 6.07) is 5.71. The van der Waals surface area contributed by atoms with Gasteiger partial charge in [-0.2, -0.15) is 4.31 Å². The normalized spacial score (nSPS) is 16.6. The molecule has 1 aromatic rings. The molecule has 1 amide bonds.